The van der Waals surface area contributed by atoms with Crippen LogP contribution in [0.4, 0.5) is 26.3 Å². The normalized spacial score (nSPS) is 21.3. The van der Waals surface area contributed by atoms with Crippen molar-refractivity contribution in [3.63, 3.8) is 0 Å². The van der Waals surface area contributed by atoms with Gasteiger partial charge in [-0.25, -0.2) is 4.39 Å². The van der Waals surface area contributed by atoms with Gasteiger partial charge in [0.25, 0.3) is 6.17 Å². The van der Waals surface area contributed by atoms with Crippen LogP contribution in [0.5, 0.6) is 5.75 Å². The van der Waals surface area contributed by atoms with Gasteiger partial charge in [-0.1, -0.05) is 0 Å². The van der Waals surface area contributed by atoms with E-state index in [9.17, 15) is 31.1 Å². The lowest BCUT2D eigenvalue weighted by Gasteiger charge is -2.27. The molecular formula is C20H24F6O4. The second-order valence-corrected chi connectivity index (χ2v) is 7.01. The Morgan fingerprint density at radius 3 is 2.17 bits per heavy atom. The van der Waals surface area contributed by atoms with Gasteiger partial charge in [0.1, 0.15) is 5.75 Å². The topological polar surface area (TPSA) is 44.8 Å². The molecule has 1 aromatic carbocycles. The molecule has 0 N–H and O–H groups in total. The van der Waals surface area contributed by atoms with E-state index in [1.807, 2.05) is 6.92 Å². The van der Waals surface area contributed by atoms with Gasteiger partial charge in [0, 0.05) is 12.2 Å². The molecule has 170 valence electrons. The summed E-state index contributed by atoms with van der Waals surface area (Å²) in [6, 6.07) is 3.08. The number of ether oxygens (including phenoxy) is 3. The lowest BCUT2D eigenvalue weighted by Crippen LogP contribution is -2.39. The third-order valence-electron chi connectivity index (χ3n) is 4.86. The van der Waals surface area contributed by atoms with Crippen LogP contribution in [-0.2, 0) is 20.2 Å². The van der Waals surface area contributed by atoms with E-state index in [0.29, 0.717) is 57.6 Å². The van der Waals surface area contributed by atoms with Crippen LogP contribution in [0.15, 0.2) is 24.3 Å². The molecule has 1 aliphatic rings. The fraction of sp³-hybridized carbons (Fsp3) is 0.650. The van der Waals surface area contributed by atoms with E-state index >= 15 is 0 Å². The molecule has 0 amide bonds. The maximum Gasteiger partial charge on any atom is 0.426 e. The molecule has 0 saturated heterocycles. The summed E-state index contributed by atoms with van der Waals surface area (Å²) in [5.41, 5.74) is -1.16. The number of hydrogen-bond donors (Lipinski definition) is 0. The molecule has 1 fully saturated rings. The summed E-state index contributed by atoms with van der Waals surface area (Å²) >= 11 is 0. The zero-order valence-corrected chi connectivity index (χ0v) is 16.4. The number of benzene rings is 1. The average Bonchev–Trinajstić information content (AvgIpc) is 2.71. The van der Waals surface area contributed by atoms with Gasteiger partial charge in [-0.05, 0) is 56.9 Å². The number of hydrogen-bond acceptors (Lipinski definition) is 4. The summed E-state index contributed by atoms with van der Waals surface area (Å²) in [7, 11) is 0. The van der Waals surface area contributed by atoms with Gasteiger partial charge in [-0.15, -0.1) is 0 Å². The SMILES string of the molecule is CCOCCOC1CCC(C(=O)Oc2ccc(C(F)(F)C(F)C(F)(F)F)cc2)CC1. The molecule has 0 heterocycles. The molecule has 10 heteroatoms. The highest BCUT2D eigenvalue weighted by molar-refractivity contribution is 5.75. The fourth-order valence-electron chi connectivity index (χ4n) is 3.18. The first-order valence-electron chi connectivity index (χ1n) is 9.65. The predicted molar refractivity (Wildman–Crippen MR) is 95.1 cm³/mol. The number of esters is 1. The van der Waals surface area contributed by atoms with Crippen molar-refractivity contribution in [3.8, 4) is 5.75 Å². The minimum atomic E-state index is -5.69. The van der Waals surface area contributed by atoms with E-state index in [2.05, 4.69) is 0 Å². The first-order chi connectivity index (χ1) is 14.1. The van der Waals surface area contributed by atoms with Crippen molar-refractivity contribution >= 4 is 5.97 Å². The largest absolute Gasteiger partial charge is 0.426 e. The van der Waals surface area contributed by atoms with E-state index in [4.69, 9.17) is 14.2 Å². The minimum Gasteiger partial charge on any atom is -0.426 e. The maximum absolute atomic E-state index is 13.7. The quantitative estimate of drug-likeness (QED) is 0.228. The predicted octanol–water partition coefficient (Wildman–Crippen LogP) is 5.20. The summed E-state index contributed by atoms with van der Waals surface area (Å²) in [6.45, 7) is 3.46. The highest BCUT2D eigenvalue weighted by atomic mass is 19.4. The second kappa shape index (κ2) is 10.5. The number of carbonyl (C=O) groups is 1. The van der Waals surface area contributed by atoms with Crippen molar-refractivity contribution in [3.05, 3.63) is 29.8 Å². The van der Waals surface area contributed by atoms with Crippen LogP contribution in [-0.4, -0.2) is 44.2 Å². The summed E-state index contributed by atoms with van der Waals surface area (Å²) in [6.07, 6.45) is -7.62. The third-order valence-corrected chi connectivity index (χ3v) is 4.86. The van der Waals surface area contributed by atoms with Gasteiger partial charge < -0.3 is 14.2 Å². The van der Waals surface area contributed by atoms with E-state index in [0.717, 1.165) is 12.1 Å². The molecule has 1 unspecified atom stereocenters. The van der Waals surface area contributed by atoms with Gasteiger partial charge in [-0.2, -0.15) is 22.0 Å². The Bertz CT molecular complexity index is 669. The van der Waals surface area contributed by atoms with Crippen LogP contribution in [0, 0.1) is 5.92 Å². The zero-order valence-electron chi connectivity index (χ0n) is 16.4. The fourth-order valence-corrected chi connectivity index (χ4v) is 3.18. The van der Waals surface area contributed by atoms with Crippen molar-refractivity contribution in [2.24, 2.45) is 5.92 Å². The molecular weight excluding hydrogens is 418 g/mol. The van der Waals surface area contributed by atoms with E-state index in [-0.39, 0.29) is 11.9 Å². The highest BCUT2D eigenvalue weighted by Crippen LogP contribution is 2.42. The van der Waals surface area contributed by atoms with Gasteiger partial charge in [0.2, 0.25) is 0 Å². The molecule has 1 aliphatic carbocycles. The number of rotatable bonds is 9. The number of alkyl halides is 6. The summed E-state index contributed by atoms with van der Waals surface area (Å²) in [4.78, 5) is 12.3. The van der Waals surface area contributed by atoms with Crippen LogP contribution in [0.25, 0.3) is 0 Å². The van der Waals surface area contributed by atoms with Crippen LogP contribution in [0.1, 0.15) is 38.2 Å². The molecule has 4 nitrogen and oxygen atoms in total. The van der Waals surface area contributed by atoms with Gasteiger partial charge in [0.15, 0.2) is 0 Å². The minimum absolute atomic E-state index is 0.0262. The monoisotopic (exact) mass is 442 g/mol. The van der Waals surface area contributed by atoms with Gasteiger partial charge in [-0.3, -0.25) is 4.79 Å². The lowest BCUT2D eigenvalue weighted by molar-refractivity contribution is -0.248. The smallest absolute Gasteiger partial charge is 0.426 e. The van der Waals surface area contributed by atoms with E-state index in [1.54, 1.807) is 0 Å². The van der Waals surface area contributed by atoms with Crippen LogP contribution in [0.2, 0.25) is 0 Å². The van der Waals surface area contributed by atoms with Crippen molar-refractivity contribution < 1.29 is 45.3 Å². The molecule has 0 aliphatic heterocycles. The third kappa shape index (κ3) is 6.60. The maximum atomic E-state index is 13.7. The van der Waals surface area contributed by atoms with Crippen LogP contribution < -0.4 is 4.74 Å². The van der Waals surface area contributed by atoms with Crippen LogP contribution in [0.3, 0.4) is 0 Å². The first-order valence-corrected chi connectivity index (χ1v) is 9.65. The van der Waals surface area contributed by atoms with Crippen molar-refractivity contribution in [2.45, 2.75) is 57.0 Å². The summed E-state index contributed by atoms with van der Waals surface area (Å²) in [5, 5.41) is 0. The first kappa shape index (κ1) is 24.5. The molecule has 0 aromatic heterocycles. The average molecular weight is 442 g/mol. The zero-order chi connectivity index (χ0) is 22.4. The van der Waals surface area contributed by atoms with Gasteiger partial charge in [0.05, 0.1) is 25.2 Å². The molecule has 2 rings (SSSR count). The Labute approximate surface area is 170 Å². The summed E-state index contributed by atoms with van der Waals surface area (Å²) < 4.78 is 93.3. The Hall–Kier alpha value is -1.81. The highest BCUT2D eigenvalue weighted by Gasteiger charge is 2.57. The Morgan fingerprint density at radius 1 is 1.03 bits per heavy atom. The molecule has 1 atom stereocenters. The molecule has 1 aromatic rings. The standard InChI is InChI=1S/C20H24F6O4/c1-2-28-11-12-29-15-7-3-13(4-8-15)17(27)30-16-9-5-14(6-10-16)19(22,23)18(21)20(24,25)26/h5-6,9-10,13,15,18H,2-4,7-8,11-12H2,1H3. The second-order valence-electron chi connectivity index (χ2n) is 7.01. The number of carbonyl (C=O) groups excluding carboxylic acids is 1. The van der Waals surface area contributed by atoms with Crippen LogP contribution >= 0.6 is 0 Å². The lowest BCUT2D eigenvalue weighted by atomic mass is 9.87. The number of halogens is 6. The van der Waals surface area contributed by atoms with E-state index < -0.39 is 35.7 Å². The van der Waals surface area contributed by atoms with E-state index in [1.165, 1.54) is 0 Å². The van der Waals surface area contributed by atoms with Crippen molar-refractivity contribution in [1.29, 1.82) is 0 Å². The van der Waals surface area contributed by atoms with Crippen molar-refractivity contribution in [2.75, 3.05) is 19.8 Å². The van der Waals surface area contributed by atoms with Crippen molar-refractivity contribution in [1.82, 2.24) is 0 Å². The Morgan fingerprint density at radius 2 is 1.63 bits per heavy atom. The molecule has 0 radical (unpaired) electrons. The molecule has 0 bridgehead atoms. The Kier molecular flexibility index (Phi) is 8.54. The van der Waals surface area contributed by atoms with Gasteiger partial charge >= 0.3 is 18.1 Å². The summed E-state index contributed by atoms with van der Waals surface area (Å²) in [5.74, 6) is -5.79. The Balaban J connectivity index is 1.85. The molecule has 1 saturated carbocycles. The molecule has 0 spiro atoms. The molecule has 30 heavy (non-hydrogen) atoms.